The Hall–Kier alpha value is -1.77. The van der Waals surface area contributed by atoms with E-state index in [9.17, 15) is 18.5 Å². The zero-order chi connectivity index (χ0) is 21.3. The summed E-state index contributed by atoms with van der Waals surface area (Å²) < 4.78 is 27.1. The van der Waals surface area contributed by atoms with Gasteiger partial charge in [-0.05, 0) is 24.4 Å². The van der Waals surface area contributed by atoms with Gasteiger partial charge in [-0.2, -0.15) is 0 Å². The van der Waals surface area contributed by atoms with Crippen LogP contribution in [0.25, 0.3) is 0 Å². The van der Waals surface area contributed by atoms with Crippen LogP contribution in [0.4, 0.5) is 5.69 Å². The number of nitrogens with one attached hydrogen (secondary N) is 3. The van der Waals surface area contributed by atoms with Gasteiger partial charge in [-0.15, -0.1) is 35.3 Å². The molecule has 0 amide bonds. The van der Waals surface area contributed by atoms with Gasteiger partial charge in [0.15, 0.2) is 5.96 Å². The van der Waals surface area contributed by atoms with Crippen molar-refractivity contribution >= 4 is 57.0 Å². The molecule has 1 unspecified atom stereocenters. The summed E-state index contributed by atoms with van der Waals surface area (Å²) in [6.45, 7) is 5.76. The normalized spacial score (nSPS) is 12.7. The van der Waals surface area contributed by atoms with Crippen LogP contribution in [0, 0.1) is 10.1 Å². The Morgan fingerprint density at radius 2 is 2.00 bits per heavy atom. The van der Waals surface area contributed by atoms with E-state index >= 15 is 0 Å². The molecule has 1 atom stereocenters. The van der Waals surface area contributed by atoms with Crippen LogP contribution in [0.1, 0.15) is 24.6 Å². The fraction of sp³-hybridized carbons (Fsp3) is 0.389. The van der Waals surface area contributed by atoms with Crippen LogP contribution in [0.2, 0.25) is 0 Å². The first-order valence-corrected chi connectivity index (χ1v) is 11.5. The van der Waals surface area contributed by atoms with Crippen molar-refractivity contribution < 1.29 is 13.3 Å². The van der Waals surface area contributed by atoms with Crippen LogP contribution >= 0.6 is 35.3 Å². The lowest BCUT2D eigenvalue weighted by atomic mass is 10.1. The first kappa shape index (κ1) is 26.3. The topological polar surface area (TPSA) is 126 Å². The molecule has 0 spiro atoms. The second kappa shape index (κ2) is 12.8. The fourth-order valence-electron chi connectivity index (χ4n) is 2.45. The number of halogens is 1. The Balaban J connectivity index is 0.00000450. The maximum atomic E-state index is 12.3. The highest BCUT2D eigenvalue weighted by Gasteiger charge is 2.17. The number of nitro benzene ring substituents is 1. The molecule has 0 aliphatic rings. The molecule has 30 heavy (non-hydrogen) atoms. The molecule has 1 heterocycles. The molecule has 1 aromatic carbocycles. The predicted molar refractivity (Wildman–Crippen MR) is 130 cm³/mol. The predicted octanol–water partition coefficient (Wildman–Crippen LogP) is 2.91. The van der Waals surface area contributed by atoms with Crippen LogP contribution in [0.15, 0.2) is 51.7 Å². The second-order valence-corrected chi connectivity index (χ2v) is 8.96. The maximum Gasteiger partial charge on any atom is 0.270 e. The molecule has 0 saturated heterocycles. The SMILES string of the molecule is CCNC(=NCC(C)c1cccs1)NCCNS(=O)(=O)c1cccc([N+](=O)[O-])c1.I. The first-order valence-electron chi connectivity index (χ1n) is 9.13. The zero-order valence-electron chi connectivity index (χ0n) is 16.7. The molecule has 0 saturated carbocycles. The number of rotatable bonds is 10. The van der Waals surface area contributed by atoms with Crippen molar-refractivity contribution in [1.82, 2.24) is 15.4 Å². The van der Waals surface area contributed by atoms with Crippen LogP contribution in [0.5, 0.6) is 0 Å². The van der Waals surface area contributed by atoms with E-state index in [1.165, 1.54) is 23.1 Å². The summed E-state index contributed by atoms with van der Waals surface area (Å²) in [4.78, 5) is 15.9. The molecule has 166 valence electrons. The van der Waals surface area contributed by atoms with Crippen molar-refractivity contribution in [2.24, 2.45) is 4.99 Å². The highest BCUT2D eigenvalue weighted by Crippen LogP contribution is 2.20. The first-order chi connectivity index (χ1) is 13.8. The number of benzene rings is 1. The van der Waals surface area contributed by atoms with Crippen LogP contribution in [-0.2, 0) is 10.0 Å². The lowest BCUT2D eigenvalue weighted by molar-refractivity contribution is -0.385. The van der Waals surface area contributed by atoms with E-state index in [1.807, 2.05) is 18.4 Å². The number of hydrogen-bond acceptors (Lipinski definition) is 6. The average molecular weight is 567 g/mol. The highest BCUT2D eigenvalue weighted by molar-refractivity contribution is 14.0. The van der Waals surface area contributed by atoms with Gasteiger partial charge in [0.25, 0.3) is 5.69 Å². The summed E-state index contributed by atoms with van der Waals surface area (Å²) in [5.74, 6) is 0.892. The van der Waals surface area contributed by atoms with E-state index in [1.54, 1.807) is 11.3 Å². The Morgan fingerprint density at radius 1 is 1.23 bits per heavy atom. The number of non-ortho nitro benzene ring substituents is 1. The third-order valence-electron chi connectivity index (χ3n) is 3.94. The van der Waals surface area contributed by atoms with Crippen molar-refractivity contribution in [1.29, 1.82) is 0 Å². The Kier molecular flexibility index (Phi) is 11.2. The molecule has 0 aliphatic carbocycles. The monoisotopic (exact) mass is 567 g/mol. The maximum absolute atomic E-state index is 12.3. The largest absolute Gasteiger partial charge is 0.357 e. The van der Waals surface area contributed by atoms with Crippen molar-refractivity contribution in [2.75, 3.05) is 26.2 Å². The van der Waals surface area contributed by atoms with Gasteiger partial charge in [0, 0.05) is 42.6 Å². The number of sulfonamides is 1. The number of hydrogen-bond donors (Lipinski definition) is 3. The number of thiophene rings is 1. The second-order valence-electron chi connectivity index (χ2n) is 6.22. The summed E-state index contributed by atoms with van der Waals surface area (Å²) in [5, 5.41) is 19.1. The Bertz CT molecular complexity index is 936. The fourth-order valence-corrected chi connectivity index (χ4v) is 4.29. The number of aliphatic imine (C=N–C) groups is 1. The van der Waals surface area contributed by atoms with E-state index in [2.05, 4.69) is 33.3 Å². The molecule has 1 aromatic heterocycles. The molecular formula is C18H26IN5O4S2. The van der Waals surface area contributed by atoms with Gasteiger partial charge in [-0.3, -0.25) is 15.1 Å². The minimum atomic E-state index is -3.84. The molecule has 3 N–H and O–H groups in total. The van der Waals surface area contributed by atoms with Crippen molar-refractivity contribution in [3.63, 3.8) is 0 Å². The molecular weight excluding hydrogens is 541 g/mol. The standard InChI is InChI=1S/C18H25N5O4S2.HI/c1-3-19-18(21-13-14(2)17-8-5-11-28-17)20-9-10-22-29(26,27)16-7-4-6-15(12-16)23(24)25;/h4-8,11-12,14,22H,3,9-10,13H2,1-2H3,(H2,19,20,21);1H. The molecule has 0 aliphatic heterocycles. The van der Waals surface area contributed by atoms with Gasteiger partial charge in [0.05, 0.1) is 16.4 Å². The number of nitrogens with zero attached hydrogens (tertiary/aromatic N) is 2. The molecule has 12 heteroatoms. The Morgan fingerprint density at radius 3 is 2.63 bits per heavy atom. The van der Waals surface area contributed by atoms with Crippen LogP contribution < -0.4 is 15.4 Å². The van der Waals surface area contributed by atoms with E-state index in [0.717, 1.165) is 6.07 Å². The van der Waals surface area contributed by atoms with Crippen LogP contribution in [0.3, 0.4) is 0 Å². The van der Waals surface area contributed by atoms with Gasteiger partial charge >= 0.3 is 0 Å². The summed E-state index contributed by atoms with van der Waals surface area (Å²) in [7, 11) is -3.84. The number of nitro groups is 1. The van der Waals surface area contributed by atoms with Crippen LogP contribution in [-0.4, -0.2) is 45.5 Å². The van der Waals surface area contributed by atoms with Gasteiger partial charge in [-0.1, -0.05) is 19.1 Å². The lowest BCUT2D eigenvalue weighted by Crippen LogP contribution is -2.41. The van der Waals surface area contributed by atoms with E-state index in [-0.39, 0.29) is 47.0 Å². The summed E-state index contributed by atoms with van der Waals surface area (Å²) in [5.41, 5.74) is -0.271. The summed E-state index contributed by atoms with van der Waals surface area (Å²) in [6, 6.07) is 9.03. The summed E-state index contributed by atoms with van der Waals surface area (Å²) in [6.07, 6.45) is 0. The van der Waals surface area contributed by atoms with Gasteiger partial charge in [0.1, 0.15) is 0 Å². The van der Waals surface area contributed by atoms with Gasteiger partial charge in [-0.25, -0.2) is 13.1 Å². The third kappa shape index (κ3) is 8.16. The smallest absolute Gasteiger partial charge is 0.270 e. The zero-order valence-corrected chi connectivity index (χ0v) is 20.7. The van der Waals surface area contributed by atoms with Crippen molar-refractivity contribution in [3.05, 3.63) is 56.8 Å². The van der Waals surface area contributed by atoms with E-state index in [0.29, 0.717) is 25.6 Å². The van der Waals surface area contributed by atoms with Crippen molar-refractivity contribution in [2.45, 2.75) is 24.7 Å². The Labute approximate surface area is 197 Å². The van der Waals surface area contributed by atoms with E-state index in [4.69, 9.17) is 0 Å². The van der Waals surface area contributed by atoms with Gasteiger partial charge < -0.3 is 10.6 Å². The molecule has 0 radical (unpaired) electrons. The molecule has 9 nitrogen and oxygen atoms in total. The number of guanidine groups is 1. The van der Waals surface area contributed by atoms with Crippen molar-refractivity contribution in [3.8, 4) is 0 Å². The molecule has 0 fully saturated rings. The molecule has 0 bridgehead atoms. The molecule has 2 rings (SSSR count). The third-order valence-corrected chi connectivity index (χ3v) is 6.51. The average Bonchev–Trinajstić information content (AvgIpc) is 3.24. The minimum absolute atomic E-state index is 0. The van der Waals surface area contributed by atoms with E-state index < -0.39 is 14.9 Å². The lowest BCUT2D eigenvalue weighted by Gasteiger charge is -2.13. The minimum Gasteiger partial charge on any atom is -0.357 e. The summed E-state index contributed by atoms with van der Waals surface area (Å²) >= 11 is 1.69. The highest BCUT2D eigenvalue weighted by atomic mass is 127. The molecule has 2 aromatic rings. The quantitative estimate of drug-likeness (QED) is 0.101. The van der Waals surface area contributed by atoms with Gasteiger partial charge in [0.2, 0.25) is 10.0 Å².